The Labute approximate surface area is 246 Å². The molecular formula is C34H34NO4PS. The summed E-state index contributed by atoms with van der Waals surface area (Å²) in [5.41, 5.74) is 8.70. The number of benzene rings is 4. The van der Waals surface area contributed by atoms with Crippen LogP contribution in [0, 0.1) is 27.7 Å². The highest BCUT2D eigenvalue weighted by molar-refractivity contribution is 8.22. The maximum atomic E-state index is 13.1. The van der Waals surface area contributed by atoms with Crippen molar-refractivity contribution >= 4 is 40.5 Å². The van der Waals surface area contributed by atoms with Crippen molar-refractivity contribution in [3.8, 4) is 11.1 Å². The third-order valence-electron chi connectivity index (χ3n) is 7.62. The predicted molar refractivity (Wildman–Crippen MR) is 170 cm³/mol. The molecule has 1 amide bonds. The topological polar surface area (TPSA) is 75.6 Å². The van der Waals surface area contributed by atoms with Crippen molar-refractivity contribution in [3.05, 3.63) is 118 Å². The van der Waals surface area contributed by atoms with Crippen LogP contribution in [0.4, 0.5) is 4.79 Å². The molecule has 1 aliphatic carbocycles. The van der Waals surface area contributed by atoms with Crippen LogP contribution in [0.3, 0.4) is 0 Å². The van der Waals surface area contributed by atoms with Crippen molar-refractivity contribution in [1.29, 1.82) is 0 Å². The van der Waals surface area contributed by atoms with Crippen molar-refractivity contribution in [3.63, 3.8) is 0 Å². The molecule has 0 saturated heterocycles. The van der Waals surface area contributed by atoms with Crippen LogP contribution in [0.15, 0.2) is 84.9 Å². The third-order valence-corrected chi connectivity index (χ3v) is 12.4. The molecule has 5 rings (SSSR count). The summed E-state index contributed by atoms with van der Waals surface area (Å²) in [4.78, 5) is 25.6. The van der Waals surface area contributed by atoms with Gasteiger partial charge in [-0.3, -0.25) is 0 Å². The fourth-order valence-electron chi connectivity index (χ4n) is 5.90. The third kappa shape index (κ3) is 6.00. The zero-order valence-electron chi connectivity index (χ0n) is 23.7. The Morgan fingerprint density at radius 2 is 1.24 bits per heavy atom. The van der Waals surface area contributed by atoms with E-state index in [4.69, 9.17) is 16.5 Å². The number of hydrogen-bond acceptors (Lipinski definition) is 4. The van der Waals surface area contributed by atoms with E-state index in [0.29, 0.717) is 0 Å². The molecule has 0 heterocycles. The molecule has 0 aliphatic heterocycles. The Bertz CT molecular complexity index is 1560. The lowest BCUT2D eigenvalue weighted by Crippen LogP contribution is -2.45. The number of aliphatic carboxylic acids is 1. The number of nitrogens with one attached hydrogen (secondary N) is 1. The van der Waals surface area contributed by atoms with E-state index < -0.39 is 24.1 Å². The van der Waals surface area contributed by atoms with Gasteiger partial charge in [-0.05, 0) is 60.6 Å². The van der Waals surface area contributed by atoms with Gasteiger partial charge in [-0.2, -0.15) is 0 Å². The van der Waals surface area contributed by atoms with Crippen LogP contribution < -0.4 is 15.9 Å². The molecule has 4 aromatic rings. The number of amides is 1. The van der Waals surface area contributed by atoms with Crippen molar-refractivity contribution in [1.82, 2.24) is 5.32 Å². The van der Waals surface area contributed by atoms with Gasteiger partial charge < -0.3 is 15.2 Å². The molecular weight excluding hydrogens is 549 g/mol. The van der Waals surface area contributed by atoms with Gasteiger partial charge in [0, 0.05) is 18.1 Å². The molecule has 0 fully saturated rings. The lowest BCUT2D eigenvalue weighted by atomic mass is 9.98. The van der Waals surface area contributed by atoms with Gasteiger partial charge in [0.15, 0.2) is 0 Å². The largest absolute Gasteiger partial charge is 0.480 e. The van der Waals surface area contributed by atoms with E-state index in [1.807, 2.05) is 64.1 Å². The average Bonchev–Trinajstić information content (AvgIpc) is 3.24. The molecule has 1 atom stereocenters. The number of hydrogen-bond donors (Lipinski definition) is 2. The number of rotatable bonds is 8. The van der Waals surface area contributed by atoms with Gasteiger partial charge in [-0.1, -0.05) is 119 Å². The van der Waals surface area contributed by atoms with Gasteiger partial charge in [0.05, 0.1) is 0 Å². The summed E-state index contributed by atoms with van der Waals surface area (Å²) in [5, 5.41) is 14.8. The predicted octanol–water partition coefficient (Wildman–Crippen LogP) is 6.34. The maximum Gasteiger partial charge on any atom is 0.407 e. The van der Waals surface area contributed by atoms with E-state index in [-0.39, 0.29) is 18.7 Å². The normalized spacial score (nSPS) is 13.3. The zero-order chi connectivity index (χ0) is 29.3. The van der Waals surface area contributed by atoms with E-state index >= 15 is 0 Å². The highest BCUT2D eigenvalue weighted by Gasteiger charge is 2.33. The Morgan fingerprint density at radius 1 is 0.805 bits per heavy atom. The van der Waals surface area contributed by atoms with Gasteiger partial charge in [-0.15, -0.1) is 0 Å². The highest BCUT2D eigenvalue weighted by Crippen LogP contribution is 2.46. The first kappa shape index (κ1) is 28.8. The van der Waals surface area contributed by atoms with Gasteiger partial charge >= 0.3 is 12.1 Å². The average molecular weight is 584 g/mol. The molecule has 0 aromatic heterocycles. The molecule has 210 valence electrons. The molecule has 1 aliphatic rings. The first-order valence-corrected chi connectivity index (χ1v) is 16.6. The van der Waals surface area contributed by atoms with Crippen LogP contribution in [-0.2, 0) is 21.3 Å². The van der Waals surface area contributed by atoms with Crippen molar-refractivity contribution in [2.75, 3.05) is 12.8 Å². The Hall–Kier alpha value is -3.73. The smallest absolute Gasteiger partial charge is 0.407 e. The van der Waals surface area contributed by atoms with Crippen LogP contribution in [0.1, 0.15) is 39.3 Å². The fraction of sp³-hybridized carbons (Fsp3) is 0.235. The van der Waals surface area contributed by atoms with Crippen LogP contribution in [0.5, 0.6) is 0 Å². The number of carboxylic acids is 1. The minimum atomic E-state index is -2.64. The number of ether oxygens (including phenoxy) is 1. The molecule has 5 nitrogen and oxygen atoms in total. The molecule has 0 saturated carbocycles. The summed E-state index contributed by atoms with van der Waals surface area (Å²) in [7, 11) is 0. The first-order valence-electron chi connectivity index (χ1n) is 13.7. The number of fused-ring (bicyclic) bond motifs is 3. The van der Waals surface area contributed by atoms with Crippen LogP contribution in [0.2, 0.25) is 0 Å². The Balaban J connectivity index is 1.40. The van der Waals surface area contributed by atoms with Gasteiger partial charge in [0.25, 0.3) is 0 Å². The first-order chi connectivity index (χ1) is 19.5. The second kappa shape index (κ2) is 11.6. The van der Waals surface area contributed by atoms with E-state index in [1.165, 1.54) is 0 Å². The van der Waals surface area contributed by atoms with Crippen molar-refractivity contribution < 1.29 is 19.4 Å². The molecule has 0 spiro atoms. The fourth-order valence-corrected chi connectivity index (χ4v) is 10.1. The summed E-state index contributed by atoms with van der Waals surface area (Å²) < 4.78 is 5.69. The zero-order valence-corrected chi connectivity index (χ0v) is 25.4. The molecule has 7 heteroatoms. The SMILES string of the molecule is Cc1cc(C)cc(P(=S)(C[C@@H](NC(=O)OCC2c3ccccc3-c3ccccc32)C(=O)O)c2cc(C)cc(C)c2)c1. The number of alkyl carbamates (subject to hydrolysis) is 1. The molecule has 4 aromatic carbocycles. The number of carbonyl (C=O) groups is 2. The summed E-state index contributed by atoms with van der Waals surface area (Å²) in [6.45, 7) is 8.17. The Kier molecular flexibility index (Phi) is 8.17. The van der Waals surface area contributed by atoms with Crippen LogP contribution in [0.25, 0.3) is 11.1 Å². The molecule has 0 bridgehead atoms. The number of aryl methyl sites for hydroxylation is 4. The number of carbonyl (C=O) groups excluding carboxylic acids is 1. The van der Waals surface area contributed by atoms with Crippen LogP contribution in [-0.4, -0.2) is 36.0 Å². The summed E-state index contributed by atoms with van der Waals surface area (Å²) >= 11 is 6.42. The second-order valence-corrected chi connectivity index (χ2v) is 15.7. The van der Waals surface area contributed by atoms with Gasteiger partial charge in [0.2, 0.25) is 0 Å². The van der Waals surface area contributed by atoms with Gasteiger partial charge in [0.1, 0.15) is 12.6 Å². The lowest BCUT2D eigenvalue weighted by molar-refractivity contribution is -0.138. The summed E-state index contributed by atoms with van der Waals surface area (Å²) in [6, 6.07) is 24.7. The van der Waals surface area contributed by atoms with E-state index in [0.717, 1.165) is 55.1 Å². The number of carboxylic acid groups (broad SMARTS) is 1. The second-order valence-electron chi connectivity index (χ2n) is 11.0. The standard InChI is InChI=1S/C34H34NO4PS/c1-21-13-22(2)16-25(15-21)40(41,26-17-23(3)14-24(4)18-26)20-32(33(36)37)35-34(38)39-19-31-29-11-7-5-9-27(29)28-10-6-8-12-30(28)31/h5-18,31-32H,19-20H2,1-4H3,(H,35,38)(H,36,37)/t32-/m1/s1. The lowest BCUT2D eigenvalue weighted by Gasteiger charge is -2.28. The van der Waals surface area contributed by atoms with Gasteiger partial charge in [-0.25, -0.2) is 9.59 Å². The Morgan fingerprint density at radius 3 is 1.68 bits per heavy atom. The minimum absolute atomic E-state index is 0.0909. The highest BCUT2D eigenvalue weighted by atomic mass is 32.4. The van der Waals surface area contributed by atoms with Crippen LogP contribution >= 0.6 is 6.04 Å². The molecule has 41 heavy (non-hydrogen) atoms. The minimum Gasteiger partial charge on any atom is -0.480 e. The summed E-state index contributed by atoms with van der Waals surface area (Å²) in [6.07, 6.45) is -0.671. The molecule has 0 unspecified atom stereocenters. The maximum absolute atomic E-state index is 13.1. The van der Waals surface area contributed by atoms with Crippen molar-refractivity contribution in [2.45, 2.75) is 39.7 Å². The molecule has 2 N–H and O–H groups in total. The quantitative estimate of drug-likeness (QED) is 0.237. The van der Waals surface area contributed by atoms with E-state index in [2.05, 4.69) is 53.8 Å². The van der Waals surface area contributed by atoms with E-state index in [9.17, 15) is 14.7 Å². The molecule has 0 radical (unpaired) electrons. The van der Waals surface area contributed by atoms with E-state index in [1.54, 1.807) is 0 Å². The van der Waals surface area contributed by atoms with Crippen molar-refractivity contribution in [2.24, 2.45) is 0 Å². The monoisotopic (exact) mass is 583 g/mol. The summed E-state index contributed by atoms with van der Waals surface area (Å²) in [5.74, 6) is -1.26.